The van der Waals surface area contributed by atoms with E-state index in [9.17, 15) is 9.59 Å². The molecule has 6 nitrogen and oxygen atoms in total. The molecule has 1 aromatic carbocycles. The highest BCUT2D eigenvalue weighted by atomic mass is 16.5. The molecule has 0 spiro atoms. The first-order chi connectivity index (χ1) is 11.1. The highest BCUT2D eigenvalue weighted by Crippen LogP contribution is 2.25. The van der Waals surface area contributed by atoms with Crippen LogP contribution in [0.1, 0.15) is 17.2 Å². The predicted octanol–water partition coefficient (Wildman–Crippen LogP) is 0.327. The number of hydrogen-bond acceptors (Lipinski definition) is 4. The van der Waals surface area contributed by atoms with E-state index in [1.807, 2.05) is 23.1 Å². The zero-order chi connectivity index (χ0) is 16.2. The Morgan fingerprint density at radius 3 is 2.96 bits per heavy atom. The van der Waals surface area contributed by atoms with Gasteiger partial charge in [0.25, 0.3) is 0 Å². The highest BCUT2D eigenvalue weighted by molar-refractivity contribution is 5.86. The van der Waals surface area contributed by atoms with E-state index in [1.54, 1.807) is 4.90 Å². The Labute approximate surface area is 136 Å². The van der Waals surface area contributed by atoms with Crippen molar-refractivity contribution in [3.63, 3.8) is 0 Å². The number of hydrogen-bond donors (Lipinski definition) is 1. The first kappa shape index (κ1) is 16.0. The summed E-state index contributed by atoms with van der Waals surface area (Å²) in [5, 5.41) is 3.02. The quantitative estimate of drug-likeness (QED) is 0.872. The normalized spacial score (nSPS) is 22.3. The fourth-order valence-electron chi connectivity index (χ4n) is 3.09. The van der Waals surface area contributed by atoms with E-state index in [4.69, 9.17) is 4.74 Å². The summed E-state index contributed by atoms with van der Waals surface area (Å²) in [5.74, 6) is -0.00422. The lowest BCUT2D eigenvalue weighted by atomic mass is 10.0. The van der Waals surface area contributed by atoms with Crippen LogP contribution in [-0.4, -0.2) is 67.5 Å². The van der Waals surface area contributed by atoms with Gasteiger partial charge in [-0.25, -0.2) is 0 Å². The van der Waals surface area contributed by atoms with Gasteiger partial charge in [0.2, 0.25) is 11.8 Å². The van der Waals surface area contributed by atoms with Gasteiger partial charge < -0.3 is 19.9 Å². The van der Waals surface area contributed by atoms with E-state index in [2.05, 4.69) is 18.3 Å². The van der Waals surface area contributed by atoms with E-state index in [1.165, 1.54) is 5.56 Å². The van der Waals surface area contributed by atoms with E-state index < -0.39 is 0 Å². The van der Waals surface area contributed by atoms with Crippen molar-refractivity contribution >= 4 is 11.8 Å². The number of nitrogens with one attached hydrogen (secondary N) is 1. The van der Waals surface area contributed by atoms with Gasteiger partial charge in [0.15, 0.2) is 0 Å². The Balaban J connectivity index is 1.63. The van der Waals surface area contributed by atoms with Crippen molar-refractivity contribution in [2.24, 2.45) is 0 Å². The standard InChI is InChI=1S/C17H23N3O3/c1-13-4-2-3-5-14(13)15-11-20(8-9-23-15)17(22)12-19-7-6-18-10-16(19)21/h2-5,15,18H,6-12H2,1H3/t15-/m0/s1. The predicted molar refractivity (Wildman–Crippen MR) is 85.9 cm³/mol. The Morgan fingerprint density at radius 1 is 1.35 bits per heavy atom. The van der Waals surface area contributed by atoms with E-state index in [0.29, 0.717) is 32.8 Å². The van der Waals surface area contributed by atoms with Crippen molar-refractivity contribution in [2.45, 2.75) is 13.0 Å². The second-order valence-corrected chi connectivity index (χ2v) is 6.05. The third-order valence-electron chi connectivity index (χ3n) is 4.47. The molecule has 23 heavy (non-hydrogen) atoms. The minimum Gasteiger partial charge on any atom is -0.370 e. The number of rotatable bonds is 3. The second-order valence-electron chi connectivity index (χ2n) is 6.05. The minimum atomic E-state index is -0.0902. The lowest BCUT2D eigenvalue weighted by molar-refractivity contribution is -0.145. The third kappa shape index (κ3) is 3.71. The van der Waals surface area contributed by atoms with Crippen LogP contribution in [0.4, 0.5) is 0 Å². The van der Waals surface area contributed by atoms with Gasteiger partial charge in [-0.15, -0.1) is 0 Å². The summed E-state index contributed by atoms with van der Waals surface area (Å²) in [5.41, 5.74) is 2.30. The number of benzene rings is 1. The number of carbonyl (C=O) groups excluding carboxylic acids is 2. The Bertz CT molecular complexity index is 590. The molecular formula is C17H23N3O3. The largest absolute Gasteiger partial charge is 0.370 e. The highest BCUT2D eigenvalue weighted by Gasteiger charge is 2.28. The van der Waals surface area contributed by atoms with E-state index >= 15 is 0 Å². The molecule has 2 amide bonds. The number of nitrogens with zero attached hydrogens (tertiary/aromatic N) is 2. The van der Waals surface area contributed by atoms with Crippen LogP contribution >= 0.6 is 0 Å². The maximum Gasteiger partial charge on any atom is 0.242 e. The molecule has 1 N–H and O–H groups in total. The SMILES string of the molecule is Cc1ccccc1[C@@H]1CN(C(=O)CN2CCNCC2=O)CCO1. The summed E-state index contributed by atoms with van der Waals surface area (Å²) in [7, 11) is 0. The molecule has 1 aromatic rings. The first-order valence-electron chi connectivity index (χ1n) is 8.08. The lowest BCUT2D eigenvalue weighted by Gasteiger charge is -2.35. The fourth-order valence-corrected chi connectivity index (χ4v) is 3.09. The Morgan fingerprint density at radius 2 is 2.17 bits per heavy atom. The molecule has 0 aromatic heterocycles. The van der Waals surface area contributed by atoms with Crippen LogP contribution in [-0.2, 0) is 14.3 Å². The second kappa shape index (κ2) is 7.10. The number of ether oxygens (including phenoxy) is 1. The molecule has 0 aliphatic carbocycles. The smallest absolute Gasteiger partial charge is 0.242 e. The van der Waals surface area contributed by atoms with Crippen molar-refractivity contribution in [1.29, 1.82) is 0 Å². The van der Waals surface area contributed by atoms with Gasteiger partial charge in [-0.2, -0.15) is 0 Å². The molecule has 2 aliphatic heterocycles. The number of piperazine rings is 1. The molecular weight excluding hydrogens is 294 g/mol. The maximum absolute atomic E-state index is 12.5. The van der Waals surface area contributed by atoms with Gasteiger partial charge >= 0.3 is 0 Å². The van der Waals surface area contributed by atoms with Gasteiger partial charge in [-0.05, 0) is 18.1 Å². The molecule has 2 saturated heterocycles. The van der Waals surface area contributed by atoms with Crippen molar-refractivity contribution in [1.82, 2.24) is 15.1 Å². The molecule has 2 heterocycles. The zero-order valence-electron chi connectivity index (χ0n) is 13.5. The van der Waals surface area contributed by atoms with Crippen molar-refractivity contribution in [3.8, 4) is 0 Å². The van der Waals surface area contributed by atoms with Crippen molar-refractivity contribution in [3.05, 3.63) is 35.4 Å². The Hall–Kier alpha value is -1.92. The zero-order valence-corrected chi connectivity index (χ0v) is 13.5. The monoisotopic (exact) mass is 317 g/mol. The first-order valence-corrected chi connectivity index (χ1v) is 8.08. The molecule has 124 valence electrons. The third-order valence-corrected chi connectivity index (χ3v) is 4.47. The molecule has 0 bridgehead atoms. The molecule has 0 unspecified atom stereocenters. The number of amides is 2. The van der Waals surface area contributed by atoms with Crippen molar-refractivity contribution in [2.75, 3.05) is 45.9 Å². The summed E-state index contributed by atoms with van der Waals surface area (Å²) >= 11 is 0. The van der Waals surface area contributed by atoms with Crippen LogP contribution in [0.2, 0.25) is 0 Å². The van der Waals surface area contributed by atoms with Gasteiger partial charge in [0, 0.05) is 19.6 Å². The average Bonchev–Trinajstić information content (AvgIpc) is 2.57. The number of morpholine rings is 1. The van der Waals surface area contributed by atoms with E-state index in [-0.39, 0.29) is 24.5 Å². The summed E-state index contributed by atoms with van der Waals surface area (Å²) in [6.07, 6.45) is -0.0902. The lowest BCUT2D eigenvalue weighted by Crippen LogP contribution is -2.53. The van der Waals surface area contributed by atoms with Crippen LogP contribution in [0.25, 0.3) is 0 Å². The van der Waals surface area contributed by atoms with Crippen LogP contribution in [0, 0.1) is 6.92 Å². The molecule has 0 radical (unpaired) electrons. The van der Waals surface area contributed by atoms with Crippen LogP contribution in [0.5, 0.6) is 0 Å². The van der Waals surface area contributed by atoms with Crippen LogP contribution < -0.4 is 5.32 Å². The van der Waals surface area contributed by atoms with Gasteiger partial charge in [0.1, 0.15) is 6.10 Å². The summed E-state index contributed by atoms with van der Waals surface area (Å²) < 4.78 is 5.85. The van der Waals surface area contributed by atoms with Gasteiger partial charge in [-0.3, -0.25) is 9.59 Å². The summed E-state index contributed by atoms with van der Waals surface area (Å²) in [6, 6.07) is 8.10. The molecule has 3 rings (SSSR count). The van der Waals surface area contributed by atoms with Gasteiger partial charge in [-0.1, -0.05) is 24.3 Å². The minimum absolute atomic E-state index is 0.00198. The molecule has 2 fully saturated rings. The number of aryl methyl sites for hydroxylation is 1. The topological polar surface area (TPSA) is 61.9 Å². The van der Waals surface area contributed by atoms with Crippen LogP contribution in [0.15, 0.2) is 24.3 Å². The maximum atomic E-state index is 12.5. The molecule has 6 heteroatoms. The molecule has 0 saturated carbocycles. The number of carbonyl (C=O) groups is 2. The molecule has 2 aliphatic rings. The Kier molecular flexibility index (Phi) is 4.93. The van der Waals surface area contributed by atoms with Crippen molar-refractivity contribution < 1.29 is 14.3 Å². The fraction of sp³-hybridized carbons (Fsp3) is 0.529. The van der Waals surface area contributed by atoms with Crippen LogP contribution in [0.3, 0.4) is 0 Å². The van der Waals surface area contributed by atoms with E-state index in [0.717, 1.165) is 12.1 Å². The molecule has 1 atom stereocenters. The average molecular weight is 317 g/mol. The summed E-state index contributed by atoms with van der Waals surface area (Å²) in [4.78, 5) is 27.8. The summed E-state index contributed by atoms with van der Waals surface area (Å²) in [6.45, 7) is 5.54. The van der Waals surface area contributed by atoms with Gasteiger partial charge in [0.05, 0.1) is 26.2 Å².